The number of sulfone groups is 1. The molecule has 3 aromatic rings. The van der Waals surface area contributed by atoms with Crippen LogP contribution in [0, 0.1) is 12.0 Å². The Labute approximate surface area is 257 Å². The molecular formula is C32H39F3N4O4S. The van der Waals surface area contributed by atoms with Crippen molar-refractivity contribution in [2.45, 2.75) is 67.9 Å². The van der Waals surface area contributed by atoms with Crippen LogP contribution in [0.15, 0.2) is 53.6 Å². The van der Waals surface area contributed by atoms with E-state index < -0.39 is 22.6 Å². The van der Waals surface area contributed by atoms with E-state index in [1.165, 1.54) is 30.0 Å². The number of fused-ring (bicyclic) bond motifs is 1. The second-order valence-corrected chi connectivity index (χ2v) is 13.5. The molecule has 1 saturated carbocycles. The zero-order valence-corrected chi connectivity index (χ0v) is 26.0. The van der Waals surface area contributed by atoms with Gasteiger partial charge in [0.2, 0.25) is 0 Å². The predicted molar refractivity (Wildman–Crippen MR) is 166 cm³/mol. The number of hydrogen-bond acceptors (Lipinski definition) is 7. The van der Waals surface area contributed by atoms with Crippen molar-refractivity contribution in [1.82, 2.24) is 9.47 Å². The molecule has 0 amide bonds. The zero-order valence-electron chi connectivity index (χ0n) is 25.2. The summed E-state index contributed by atoms with van der Waals surface area (Å²) in [5.74, 6) is 3.58. The lowest BCUT2D eigenvalue weighted by Gasteiger charge is -2.38. The van der Waals surface area contributed by atoms with Gasteiger partial charge in [-0.2, -0.15) is 13.2 Å². The fourth-order valence-corrected chi connectivity index (χ4v) is 7.00. The van der Waals surface area contributed by atoms with Crippen LogP contribution in [0.5, 0.6) is 5.75 Å². The molecule has 44 heavy (non-hydrogen) atoms. The number of ether oxygens (including phenoxy) is 2. The Bertz CT molecular complexity index is 1620. The van der Waals surface area contributed by atoms with E-state index in [0.29, 0.717) is 23.0 Å². The first-order valence-electron chi connectivity index (χ1n) is 14.8. The molecule has 12 heteroatoms. The van der Waals surface area contributed by atoms with Gasteiger partial charge in [-0.1, -0.05) is 12.0 Å². The number of aromatic nitrogens is 1. The Morgan fingerprint density at radius 3 is 2.50 bits per heavy atom. The maximum absolute atomic E-state index is 13.3. The quantitative estimate of drug-likeness (QED) is 0.246. The van der Waals surface area contributed by atoms with Gasteiger partial charge in [0, 0.05) is 62.2 Å². The Morgan fingerprint density at radius 1 is 1.07 bits per heavy atom. The molecule has 1 atom stereocenters. The largest absolute Gasteiger partial charge is 0.495 e. The molecule has 238 valence electrons. The summed E-state index contributed by atoms with van der Waals surface area (Å²) in [7, 11) is -0.152. The van der Waals surface area contributed by atoms with E-state index in [9.17, 15) is 21.6 Å². The summed E-state index contributed by atoms with van der Waals surface area (Å²) in [5, 5.41) is 3.93. The number of methoxy groups -OCH3 is 2. The lowest BCUT2D eigenvalue weighted by Crippen LogP contribution is -2.42. The second-order valence-electron chi connectivity index (χ2n) is 11.5. The van der Waals surface area contributed by atoms with Crippen LogP contribution in [0.3, 0.4) is 0 Å². The molecule has 1 aliphatic carbocycles. The van der Waals surface area contributed by atoms with E-state index in [4.69, 9.17) is 9.47 Å². The first-order chi connectivity index (χ1) is 21.0. The standard InChI is InChI=1S/C32H39F3N4O4S/c1-42-25-14-18-37(21-25)23-8-10-24(11-9-23)39(30-7-4-6-29-27(30)15-19-38(29)22-32(33,34)35)17-5-16-36-28-13-12-26(44(3,40)41)20-31(28)43-2/h4,6-7,12-13,15,19-20,23-25,36H,8-11,14,16,18,21-22H2,1-3H3. The molecule has 0 radical (unpaired) electrons. The van der Waals surface area contributed by atoms with Crippen LogP contribution in [-0.2, 0) is 21.1 Å². The third-order valence-electron chi connectivity index (χ3n) is 8.63. The van der Waals surface area contributed by atoms with Gasteiger partial charge in [-0.3, -0.25) is 9.80 Å². The van der Waals surface area contributed by atoms with Crippen LogP contribution in [0.1, 0.15) is 32.1 Å². The second kappa shape index (κ2) is 13.3. The van der Waals surface area contributed by atoms with Gasteiger partial charge in [0.15, 0.2) is 9.84 Å². The lowest BCUT2D eigenvalue weighted by molar-refractivity contribution is -0.139. The van der Waals surface area contributed by atoms with E-state index in [0.717, 1.165) is 62.5 Å². The molecule has 5 rings (SSSR count). The average molecular weight is 633 g/mol. The summed E-state index contributed by atoms with van der Waals surface area (Å²) in [5.41, 5.74) is 1.90. The van der Waals surface area contributed by atoms with Crippen LogP contribution >= 0.6 is 0 Å². The highest BCUT2D eigenvalue weighted by Crippen LogP contribution is 2.36. The maximum atomic E-state index is 13.3. The molecule has 1 aromatic heterocycles. The molecule has 1 N–H and O–H groups in total. The minimum atomic E-state index is -4.33. The third kappa shape index (κ3) is 7.45. The highest BCUT2D eigenvalue weighted by atomic mass is 32.2. The van der Waals surface area contributed by atoms with Crippen molar-refractivity contribution in [3.63, 3.8) is 0 Å². The molecule has 1 unspecified atom stereocenters. The fourth-order valence-electron chi connectivity index (χ4n) is 6.37. The molecule has 1 aliphatic heterocycles. The Morgan fingerprint density at radius 2 is 1.84 bits per heavy atom. The van der Waals surface area contributed by atoms with Crippen molar-refractivity contribution in [2.75, 3.05) is 50.3 Å². The van der Waals surface area contributed by atoms with E-state index >= 15 is 0 Å². The molecule has 2 aromatic carbocycles. The Hall–Kier alpha value is -3.40. The summed E-state index contributed by atoms with van der Waals surface area (Å²) in [6.07, 6.45) is 3.44. The van der Waals surface area contributed by atoms with Crippen LogP contribution in [0.4, 0.5) is 24.5 Å². The highest BCUT2D eigenvalue weighted by molar-refractivity contribution is 7.90. The van der Waals surface area contributed by atoms with Crippen molar-refractivity contribution in [1.29, 1.82) is 0 Å². The fraction of sp³-hybridized carbons (Fsp3) is 0.500. The smallest absolute Gasteiger partial charge is 0.406 e. The Kier molecular flexibility index (Phi) is 9.68. The van der Waals surface area contributed by atoms with Crippen molar-refractivity contribution in [3.8, 4) is 17.7 Å². The van der Waals surface area contributed by atoms with Crippen LogP contribution < -0.4 is 15.0 Å². The number of nitrogens with one attached hydrogen (secondary N) is 1. The molecule has 2 fully saturated rings. The predicted octanol–water partition coefficient (Wildman–Crippen LogP) is 5.53. The molecular weight excluding hydrogens is 593 g/mol. The number of anilines is 2. The van der Waals surface area contributed by atoms with Crippen molar-refractivity contribution < 1.29 is 31.1 Å². The topological polar surface area (TPSA) is 76.0 Å². The minimum absolute atomic E-state index is 0.0970. The first-order valence-corrected chi connectivity index (χ1v) is 16.7. The SMILES string of the molecule is COc1cc(S(C)(=O)=O)ccc1NCC#CN(c1cccc2c1ccn2CC(F)(F)F)C1CCC(N2CCC(OC)C2)CC1. The van der Waals surface area contributed by atoms with E-state index in [1.54, 1.807) is 31.4 Å². The number of nitrogens with zero attached hydrogens (tertiary/aromatic N) is 3. The molecule has 2 aliphatic rings. The van der Waals surface area contributed by atoms with Gasteiger partial charge in [-0.05, 0) is 62.4 Å². The van der Waals surface area contributed by atoms with E-state index in [2.05, 4.69) is 22.2 Å². The zero-order chi connectivity index (χ0) is 31.5. The van der Waals surface area contributed by atoms with Gasteiger partial charge in [0.1, 0.15) is 12.3 Å². The van der Waals surface area contributed by atoms with Crippen LogP contribution in [0.25, 0.3) is 10.9 Å². The summed E-state index contributed by atoms with van der Waals surface area (Å²) < 4.78 is 75.9. The summed E-state index contributed by atoms with van der Waals surface area (Å²) in [6.45, 7) is 1.17. The first kappa shape index (κ1) is 32.0. The van der Waals surface area contributed by atoms with Gasteiger partial charge < -0.3 is 19.4 Å². The summed E-state index contributed by atoms with van der Waals surface area (Å²) in [6, 6.07) is 15.7. The van der Waals surface area contributed by atoms with Crippen molar-refractivity contribution in [2.24, 2.45) is 0 Å². The van der Waals surface area contributed by atoms with Gasteiger partial charge in [0.25, 0.3) is 0 Å². The van der Waals surface area contributed by atoms with E-state index in [1.807, 2.05) is 11.0 Å². The number of rotatable bonds is 9. The number of hydrogen-bond donors (Lipinski definition) is 1. The van der Waals surface area contributed by atoms with Crippen molar-refractivity contribution >= 4 is 32.1 Å². The van der Waals surface area contributed by atoms with Crippen molar-refractivity contribution in [3.05, 3.63) is 48.7 Å². The van der Waals surface area contributed by atoms with Gasteiger partial charge in [-0.15, -0.1) is 0 Å². The molecule has 1 saturated heterocycles. The number of halogens is 3. The van der Waals surface area contributed by atoms with Gasteiger partial charge in [-0.25, -0.2) is 8.42 Å². The van der Waals surface area contributed by atoms with Crippen LogP contribution in [0.2, 0.25) is 0 Å². The summed E-state index contributed by atoms with van der Waals surface area (Å²) in [4.78, 5) is 4.71. The molecule has 2 heterocycles. The monoisotopic (exact) mass is 632 g/mol. The minimum Gasteiger partial charge on any atom is -0.495 e. The number of alkyl halides is 3. The Balaban J connectivity index is 1.38. The normalized spacial score (nSPS) is 21.2. The van der Waals surface area contributed by atoms with Gasteiger partial charge >= 0.3 is 6.18 Å². The van der Waals surface area contributed by atoms with Crippen LogP contribution in [-0.4, -0.2) is 82.4 Å². The maximum Gasteiger partial charge on any atom is 0.406 e. The van der Waals surface area contributed by atoms with Gasteiger partial charge in [0.05, 0.1) is 41.5 Å². The third-order valence-corrected chi connectivity index (χ3v) is 9.74. The van der Waals surface area contributed by atoms with E-state index in [-0.39, 0.29) is 23.6 Å². The number of likely N-dealkylation sites (tertiary alicyclic amines) is 1. The average Bonchev–Trinajstić information content (AvgIpc) is 3.64. The molecule has 0 bridgehead atoms. The summed E-state index contributed by atoms with van der Waals surface area (Å²) >= 11 is 0. The highest BCUT2D eigenvalue weighted by Gasteiger charge is 2.34. The lowest BCUT2D eigenvalue weighted by atomic mass is 9.89. The molecule has 0 spiro atoms. The molecule has 8 nitrogen and oxygen atoms in total. The number of benzene rings is 2.